The van der Waals surface area contributed by atoms with Crippen LogP contribution in [0.25, 0.3) is 6.08 Å². The van der Waals surface area contributed by atoms with Gasteiger partial charge in [-0.05, 0) is 54.3 Å². The van der Waals surface area contributed by atoms with Crippen LogP contribution in [0.5, 0.6) is 23.0 Å². The van der Waals surface area contributed by atoms with Crippen molar-refractivity contribution in [2.24, 2.45) is 0 Å². The van der Waals surface area contributed by atoms with E-state index in [0.717, 1.165) is 48.3 Å². The second kappa shape index (κ2) is 9.11. The molecule has 1 heterocycles. The molecule has 0 unspecified atom stereocenters. The number of hydrogen-bond donors (Lipinski definition) is 0. The van der Waals surface area contributed by atoms with Crippen LogP contribution in [0.4, 0.5) is 0 Å². The molecular formula is C24H27NO5. The molecule has 0 N–H and O–H groups in total. The number of benzene rings is 2. The van der Waals surface area contributed by atoms with Gasteiger partial charge in [-0.15, -0.1) is 0 Å². The number of hydrogen-bond acceptors (Lipinski definition) is 5. The van der Waals surface area contributed by atoms with E-state index in [1.165, 1.54) is 0 Å². The standard InChI is InChI=1S/C24H27NO5/c1-27-20-10-7-17(13-22(20)28-2)9-12-24(26)25(19-5-3-4-6-19)15-18-8-11-21-23(14-18)30-16-29-21/h7-14,19H,3-6,15-16H2,1-2H3/b12-9+. The fourth-order valence-corrected chi connectivity index (χ4v) is 4.06. The van der Waals surface area contributed by atoms with Crippen molar-refractivity contribution in [3.05, 3.63) is 53.6 Å². The highest BCUT2D eigenvalue weighted by Crippen LogP contribution is 2.34. The lowest BCUT2D eigenvalue weighted by atomic mass is 10.1. The zero-order chi connectivity index (χ0) is 20.9. The Morgan fingerprint density at radius 2 is 1.80 bits per heavy atom. The lowest BCUT2D eigenvalue weighted by Crippen LogP contribution is -2.37. The van der Waals surface area contributed by atoms with Crippen molar-refractivity contribution in [2.45, 2.75) is 38.3 Å². The van der Waals surface area contributed by atoms with Crippen LogP contribution in [0.2, 0.25) is 0 Å². The minimum atomic E-state index is 0.00866. The Kier molecular flexibility index (Phi) is 6.12. The van der Waals surface area contributed by atoms with E-state index in [1.54, 1.807) is 20.3 Å². The largest absolute Gasteiger partial charge is 0.493 e. The molecule has 1 aliphatic carbocycles. The fraction of sp³-hybridized carbons (Fsp3) is 0.375. The monoisotopic (exact) mass is 409 g/mol. The first-order valence-electron chi connectivity index (χ1n) is 10.3. The van der Waals surface area contributed by atoms with E-state index in [0.29, 0.717) is 18.0 Å². The molecule has 4 rings (SSSR count). The van der Waals surface area contributed by atoms with Gasteiger partial charge in [0, 0.05) is 18.7 Å². The van der Waals surface area contributed by atoms with Gasteiger partial charge in [-0.2, -0.15) is 0 Å². The molecule has 0 atom stereocenters. The Morgan fingerprint density at radius 3 is 2.57 bits per heavy atom. The number of methoxy groups -OCH3 is 2. The van der Waals surface area contributed by atoms with Crippen molar-refractivity contribution in [2.75, 3.05) is 21.0 Å². The number of rotatable bonds is 7. The lowest BCUT2D eigenvalue weighted by Gasteiger charge is -2.28. The van der Waals surface area contributed by atoms with Crippen LogP contribution in [0.3, 0.4) is 0 Å². The maximum Gasteiger partial charge on any atom is 0.247 e. The van der Waals surface area contributed by atoms with Crippen molar-refractivity contribution >= 4 is 12.0 Å². The predicted octanol–water partition coefficient (Wildman–Crippen LogP) is 4.42. The van der Waals surface area contributed by atoms with Gasteiger partial charge in [0.2, 0.25) is 12.7 Å². The predicted molar refractivity (Wildman–Crippen MR) is 114 cm³/mol. The van der Waals surface area contributed by atoms with Crippen LogP contribution in [-0.2, 0) is 11.3 Å². The molecule has 1 amide bonds. The van der Waals surface area contributed by atoms with Gasteiger partial charge in [0.15, 0.2) is 23.0 Å². The molecule has 6 heteroatoms. The van der Waals surface area contributed by atoms with Crippen molar-refractivity contribution in [1.29, 1.82) is 0 Å². The molecule has 0 radical (unpaired) electrons. The second-order valence-corrected chi connectivity index (χ2v) is 7.54. The molecule has 2 aromatic carbocycles. The molecule has 1 aliphatic heterocycles. The summed E-state index contributed by atoms with van der Waals surface area (Å²) in [5, 5.41) is 0. The molecule has 6 nitrogen and oxygen atoms in total. The summed E-state index contributed by atoms with van der Waals surface area (Å²) in [5.74, 6) is 2.81. The third-order valence-electron chi connectivity index (χ3n) is 5.66. The van der Waals surface area contributed by atoms with Crippen LogP contribution >= 0.6 is 0 Å². The molecule has 1 fully saturated rings. The van der Waals surface area contributed by atoms with E-state index in [-0.39, 0.29) is 18.7 Å². The highest BCUT2D eigenvalue weighted by Gasteiger charge is 2.26. The maximum atomic E-state index is 13.1. The molecular weight excluding hydrogens is 382 g/mol. The van der Waals surface area contributed by atoms with E-state index in [1.807, 2.05) is 47.4 Å². The molecule has 0 bridgehead atoms. The second-order valence-electron chi connectivity index (χ2n) is 7.54. The van der Waals surface area contributed by atoms with Crippen LogP contribution in [-0.4, -0.2) is 37.9 Å². The zero-order valence-corrected chi connectivity index (χ0v) is 17.4. The molecule has 0 aromatic heterocycles. The van der Waals surface area contributed by atoms with Crippen LogP contribution in [0.1, 0.15) is 36.8 Å². The zero-order valence-electron chi connectivity index (χ0n) is 17.4. The number of carbonyl (C=O) groups is 1. The van der Waals surface area contributed by atoms with Crippen molar-refractivity contribution < 1.29 is 23.7 Å². The Morgan fingerprint density at radius 1 is 1.03 bits per heavy atom. The number of fused-ring (bicyclic) bond motifs is 1. The normalized spacial score (nSPS) is 15.5. The molecule has 158 valence electrons. The van der Waals surface area contributed by atoms with E-state index in [4.69, 9.17) is 18.9 Å². The van der Waals surface area contributed by atoms with Gasteiger partial charge in [-0.3, -0.25) is 4.79 Å². The quantitative estimate of drug-likeness (QED) is 0.634. The molecule has 2 aliphatic rings. The summed E-state index contributed by atoms with van der Waals surface area (Å²) in [6, 6.07) is 11.7. The Bertz CT molecular complexity index is 933. The summed E-state index contributed by atoms with van der Waals surface area (Å²) in [5.41, 5.74) is 1.93. The van der Waals surface area contributed by atoms with E-state index >= 15 is 0 Å². The SMILES string of the molecule is COc1ccc(/C=C/C(=O)N(Cc2ccc3c(c2)OCO3)C2CCCC2)cc1OC. The maximum absolute atomic E-state index is 13.1. The van der Waals surface area contributed by atoms with Crippen molar-refractivity contribution in [3.8, 4) is 23.0 Å². The Hall–Kier alpha value is -3.15. The number of amides is 1. The summed E-state index contributed by atoms with van der Waals surface area (Å²) in [6.45, 7) is 0.800. The molecule has 0 saturated heterocycles. The number of ether oxygens (including phenoxy) is 4. The van der Waals surface area contributed by atoms with Crippen molar-refractivity contribution in [1.82, 2.24) is 4.90 Å². The molecule has 2 aromatic rings. The summed E-state index contributed by atoms with van der Waals surface area (Å²) < 4.78 is 21.5. The van der Waals surface area contributed by atoms with Gasteiger partial charge >= 0.3 is 0 Å². The van der Waals surface area contributed by atoms with Gasteiger partial charge < -0.3 is 23.8 Å². The third-order valence-corrected chi connectivity index (χ3v) is 5.66. The van der Waals surface area contributed by atoms with Crippen molar-refractivity contribution in [3.63, 3.8) is 0 Å². The average Bonchev–Trinajstić information content (AvgIpc) is 3.47. The third kappa shape index (κ3) is 4.37. The van der Waals surface area contributed by atoms with E-state index in [9.17, 15) is 4.79 Å². The van der Waals surface area contributed by atoms with Crippen LogP contribution in [0.15, 0.2) is 42.5 Å². The highest BCUT2D eigenvalue weighted by atomic mass is 16.7. The molecule has 1 saturated carbocycles. The minimum absolute atomic E-state index is 0.00866. The van der Waals surface area contributed by atoms with Crippen LogP contribution < -0.4 is 18.9 Å². The lowest BCUT2D eigenvalue weighted by molar-refractivity contribution is -0.128. The minimum Gasteiger partial charge on any atom is -0.493 e. The van der Waals surface area contributed by atoms with Gasteiger partial charge in [0.25, 0.3) is 0 Å². The highest BCUT2D eigenvalue weighted by molar-refractivity contribution is 5.92. The molecule has 0 spiro atoms. The molecule has 30 heavy (non-hydrogen) atoms. The Labute approximate surface area is 177 Å². The summed E-state index contributed by atoms with van der Waals surface area (Å²) >= 11 is 0. The van der Waals surface area contributed by atoms with E-state index in [2.05, 4.69) is 0 Å². The first-order chi connectivity index (χ1) is 14.7. The van der Waals surface area contributed by atoms with Crippen LogP contribution in [0, 0.1) is 0 Å². The summed E-state index contributed by atoms with van der Waals surface area (Å²) in [4.78, 5) is 15.1. The van der Waals surface area contributed by atoms with Gasteiger partial charge in [0.1, 0.15) is 0 Å². The Balaban J connectivity index is 1.52. The van der Waals surface area contributed by atoms with Gasteiger partial charge in [-0.1, -0.05) is 25.0 Å². The van der Waals surface area contributed by atoms with Gasteiger partial charge in [0.05, 0.1) is 14.2 Å². The summed E-state index contributed by atoms with van der Waals surface area (Å²) in [6.07, 6.45) is 7.88. The number of carbonyl (C=O) groups excluding carboxylic acids is 1. The fourth-order valence-electron chi connectivity index (χ4n) is 4.06. The topological polar surface area (TPSA) is 57.2 Å². The van der Waals surface area contributed by atoms with Gasteiger partial charge in [-0.25, -0.2) is 0 Å². The first-order valence-corrected chi connectivity index (χ1v) is 10.3. The first kappa shape index (κ1) is 20.1. The average molecular weight is 409 g/mol. The smallest absolute Gasteiger partial charge is 0.247 e. The number of nitrogens with zero attached hydrogens (tertiary/aromatic N) is 1. The summed E-state index contributed by atoms with van der Waals surface area (Å²) in [7, 11) is 3.20. The van der Waals surface area contributed by atoms with E-state index < -0.39 is 0 Å².